The van der Waals surface area contributed by atoms with E-state index in [0.717, 1.165) is 77.6 Å². The van der Waals surface area contributed by atoms with Gasteiger partial charge >= 0.3 is 0 Å². The van der Waals surface area contributed by atoms with E-state index in [0.29, 0.717) is 17.5 Å². The Kier molecular flexibility index (Phi) is 7.02. The summed E-state index contributed by atoms with van der Waals surface area (Å²) >= 11 is 0. The van der Waals surface area contributed by atoms with E-state index in [1.165, 1.54) is 38.1 Å². The van der Waals surface area contributed by atoms with Crippen LogP contribution in [0.25, 0.3) is 133 Å². The molecule has 14 rings (SSSR count). The van der Waals surface area contributed by atoms with Gasteiger partial charge in [0.2, 0.25) is 0 Å². The fraction of sp³-hybridized carbons (Fsp3) is 0. The molecule has 9 aromatic carbocycles. The zero-order valence-electron chi connectivity index (χ0n) is 33.7. The summed E-state index contributed by atoms with van der Waals surface area (Å²) in [5.74, 6) is 1.85. The molecule has 292 valence electrons. The van der Waals surface area contributed by atoms with Crippen LogP contribution in [0.15, 0.2) is 205 Å². The second-order valence-corrected chi connectivity index (χ2v) is 16.3. The minimum absolute atomic E-state index is 0.607. The topological polar surface area (TPSA) is 61.2 Å². The van der Waals surface area contributed by atoms with Gasteiger partial charge in [-0.05, 0) is 71.3 Å². The molecule has 0 atom stereocenters. The molecule has 14 aromatic rings. The lowest BCUT2D eigenvalue weighted by Gasteiger charge is -2.17. The van der Waals surface area contributed by atoms with Crippen molar-refractivity contribution in [2.45, 2.75) is 0 Å². The number of aromatic nitrogens is 5. The van der Waals surface area contributed by atoms with Gasteiger partial charge in [-0.3, -0.25) is 0 Å². The largest absolute Gasteiger partial charge is 0.456 e. The Morgan fingerprint density at radius 3 is 1.78 bits per heavy atom. The molecule has 0 saturated carbocycles. The van der Waals surface area contributed by atoms with Crippen LogP contribution in [0, 0.1) is 0 Å². The van der Waals surface area contributed by atoms with Gasteiger partial charge in [0.1, 0.15) is 11.2 Å². The van der Waals surface area contributed by atoms with Crippen molar-refractivity contribution in [3.05, 3.63) is 200 Å². The summed E-state index contributed by atoms with van der Waals surface area (Å²) in [7, 11) is 0. The standard InChI is InChI=1S/C57H33N5O/c1-3-15-34(16-4-1)36-19-13-20-37(33-36)56-58-55(35-17-5-2-6-18-35)59-57(60-56)42-24-8-7-21-38(42)39-22-9-11-25-43(39)61-45-27-14-28-46-50(45)51-47(61)30-32-48-52(51)53-49(63-48)31-29-41-40-23-10-12-26-44(40)62(46)54(41)53/h1-33H. The second kappa shape index (κ2) is 12.9. The number of furan rings is 1. The van der Waals surface area contributed by atoms with Gasteiger partial charge in [0.25, 0.3) is 0 Å². The van der Waals surface area contributed by atoms with Gasteiger partial charge < -0.3 is 13.4 Å². The van der Waals surface area contributed by atoms with Crippen LogP contribution in [0.5, 0.6) is 0 Å². The van der Waals surface area contributed by atoms with Crippen molar-refractivity contribution >= 4 is 71.1 Å². The molecule has 0 spiro atoms. The molecular formula is C57H33N5O. The first-order valence-electron chi connectivity index (χ1n) is 21.3. The fourth-order valence-electron chi connectivity index (χ4n) is 10.2. The van der Waals surface area contributed by atoms with Crippen LogP contribution < -0.4 is 0 Å². The smallest absolute Gasteiger partial charge is 0.164 e. The van der Waals surface area contributed by atoms with Gasteiger partial charge in [-0.25, -0.2) is 15.0 Å². The van der Waals surface area contributed by atoms with Gasteiger partial charge in [-0.15, -0.1) is 0 Å². The Morgan fingerprint density at radius 1 is 0.333 bits per heavy atom. The molecule has 6 nitrogen and oxygen atoms in total. The van der Waals surface area contributed by atoms with Gasteiger partial charge in [0, 0.05) is 49.2 Å². The Labute approximate surface area is 360 Å². The number of nitrogens with zero attached hydrogens (tertiary/aromatic N) is 5. The molecule has 6 heteroatoms. The lowest BCUT2D eigenvalue weighted by Crippen LogP contribution is -2.02. The summed E-state index contributed by atoms with van der Waals surface area (Å²) in [6.45, 7) is 0. The predicted octanol–water partition coefficient (Wildman–Crippen LogP) is 14.6. The third-order valence-electron chi connectivity index (χ3n) is 12.9. The SMILES string of the molecule is c1ccc(-c2cccc(-c3nc(-c4ccccc4)nc(-c4ccccc4-c4ccccc4-n4c5ccc6oc7ccc8c9ccccc9n9c%10cccc4c%10c5c6c7c89)n3)c2)cc1. The van der Waals surface area contributed by atoms with Crippen molar-refractivity contribution in [2.75, 3.05) is 0 Å². The van der Waals surface area contributed by atoms with Gasteiger partial charge in [0.05, 0.1) is 38.7 Å². The highest BCUT2D eigenvalue weighted by Gasteiger charge is 2.27. The number of para-hydroxylation sites is 2. The van der Waals surface area contributed by atoms with E-state index in [9.17, 15) is 0 Å². The first-order valence-corrected chi connectivity index (χ1v) is 21.3. The normalized spacial score (nSPS) is 12.1. The molecule has 0 N–H and O–H groups in total. The van der Waals surface area contributed by atoms with Gasteiger partial charge in [0.15, 0.2) is 17.5 Å². The second-order valence-electron chi connectivity index (χ2n) is 16.3. The first kappa shape index (κ1) is 34.1. The molecule has 0 radical (unpaired) electrons. The minimum atomic E-state index is 0.607. The summed E-state index contributed by atoms with van der Waals surface area (Å²) in [6.07, 6.45) is 0. The number of benzene rings is 9. The summed E-state index contributed by atoms with van der Waals surface area (Å²) in [5, 5.41) is 7.19. The zero-order valence-corrected chi connectivity index (χ0v) is 33.7. The summed E-state index contributed by atoms with van der Waals surface area (Å²) < 4.78 is 11.6. The van der Waals surface area contributed by atoms with Crippen molar-refractivity contribution in [2.24, 2.45) is 0 Å². The molecule has 0 amide bonds. The van der Waals surface area contributed by atoms with Crippen LogP contribution in [0.3, 0.4) is 0 Å². The van der Waals surface area contributed by atoms with Crippen LogP contribution in [0.4, 0.5) is 0 Å². The minimum Gasteiger partial charge on any atom is -0.456 e. The quantitative estimate of drug-likeness (QED) is 0.168. The van der Waals surface area contributed by atoms with E-state index < -0.39 is 0 Å². The molecule has 0 saturated heterocycles. The summed E-state index contributed by atoms with van der Waals surface area (Å²) in [4.78, 5) is 15.6. The van der Waals surface area contributed by atoms with Crippen molar-refractivity contribution in [3.63, 3.8) is 0 Å². The highest BCUT2D eigenvalue weighted by Crippen LogP contribution is 2.49. The van der Waals surface area contributed by atoms with Crippen molar-refractivity contribution < 1.29 is 4.42 Å². The average Bonchev–Trinajstić information content (AvgIpc) is 3.99. The average molecular weight is 804 g/mol. The van der Waals surface area contributed by atoms with Crippen molar-refractivity contribution in [3.8, 4) is 62.1 Å². The van der Waals surface area contributed by atoms with Crippen LogP contribution in [-0.4, -0.2) is 23.9 Å². The Hall–Kier alpha value is -8.61. The molecule has 63 heavy (non-hydrogen) atoms. The molecule has 0 fully saturated rings. The molecular weight excluding hydrogens is 771 g/mol. The molecule has 0 aliphatic rings. The first-order chi connectivity index (χ1) is 31.3. The molecule has 5 aromatic heterocycles. The lowest BCUT2D eigenvalue weighted by atomic mass is 9.97. The number of rotatable bonds is 6. The predicted molar refractivity (Wildman–Crippen MR) is 257 cm³/mol. The molecule has 0 aliphatic heterocycles. The zero-order chi connectivity index (χ0) is 41.2. The Bertz CT molecular complexity index is 4080. The molecule has 5 heterocycles. The third kappa shape index (κ3) is 4.86. The van der Waals surface area contributed by atoms with Crippen LogP contribution in [0.2, 0.25) is 0 Å². The van der Waals surface area contributed by atoms with Crippen molar-refractivity contribution in [1.29, 1.82) is 0 Å². The molecule has 0 aliphatic carbocycles. The highest BCUT2D eigenvalue weighted by atomic mass is 16.3. The number of hydrogen-bond donors (Lipinski definition) is 0. The van der Waals surface area contributed by atoms with Crippen LogP contribution in [-0.2, 0) is 0 Å². The van der Waals surface area contributed by atoms with Crippen LogP contribution >= 0.6 is 0 Å². The maximum absolute atomic E-state index is 6.68. The van der Waals surface area contributed by atoms with E-state index in [1.807, 2.05) is 24.3 Å². The fourth-order valence-corrected chi connectivity index (χ4v) is 10.2. The van der Waals surface area contributed by atoms with E-state index in [-0.39, 0.29) is 0 Å². The summed E-state index contributed by atoms with van der Waals surface area (Å²) in [6, 6.07) is 70.5. The molecule has 0 unspecified atom stereocenters. The lowest BCUT2D eigenvalue weighted by molar-refractivity contribution is 0.669. The van der Waals surface area contributed by atoms with Crippen LogP contribution in [0.1, 0.15) is 0 Å². The third-order valence-corrected chi connectivity index (χ3v) is 12.9. The monoisotopic (exact) mass is 803 g/mol. The number of hydrogen-bond acceptors (Lipinski definition) is 4. The number of fused-ring (bicyclic) bond motifs is 4. The molecule has 0 bridgehead atoms. The van der Waals surface area contributed by atoms with E-state index >= 15 is 0 Å². The summed E-state index contributed by atoms with van der Waals surface area (Å²) in [5.41, 5.74) is 15.7. The Balaban J connectivity index is 1.03. The van der Waals surface area contributed by atoms with E-state index in [2.05, 4.69) is 185 Å². The van der Waals surface area contributed by atoms with Gasteiger partial charge in [-0.2, -0.15) is 0 Å². The van der Waals surface area contributed by atoms with Crippen molar-refractivity contribution in [1.82, 2.24) is 23.9 Å². The van der Waals surface area contributed by atoms with E-state index in [4.69, 9.17) is 19.4 Å². The Morgan fingerprint density at radius 2 is 0.921 bits per heavy atom. The van der Waals surface area contributed by atoms with Gasteiger partial charge in [-0.1, -0.05) is 146 Å². The maximum Gasteiger partial charge on any atom is 0.164 e. The maximum atomic E-state index is 6.68. The van der Waals surface area contributed by atoms with E-state index in [1.54, 1.807) is 0 Å². The highest BCUT2D eigenvalue weighted by molar-refractivity contribution is 6.37.